The van der Waals surface area contributed by atoms with Gasteiger partial charge in [0.2, 0.25) is 5.91 Å². The molecule has 0 saturated carbocycles. The Labute approximate surface area is 121 Å². The normalized spacial score (nSPS) is 11.3. The van der Waals surface area contributed by atoms with Gasteiger partial charge in [0.25, 0.3) is 0 Å². The van der Waals surface area contributed by atoms with Crippen LogP contribution in [0.25, 0.3) is 0 Å². The second-order valence-electron chi connectivity index (χ2n) is 5.59. The zero-order valence-corrected chi connectivity index (χ0v) is 12.1. The summed E-state index contributed by atoms with van der Waals surface area (Å²) in [5, 5.41) is 14.3. The van der Waals surface area contributed by atoms with E-state index in [1.54, 1.807) is 0 Å². The van der Waals surface area contributed by atoms with Gasteiger partial charge in [-0.2, -0.15) is 0 Å². The van der Waals surface area contributed by atoms with Crippen molar-refractivity contribution >= 4 is 17.6 Å². The molecule has 116 valence electrons. The first kappa shape index (κ1) is 17.0. The molecule has 3 N–H and O–H groups in total. The number of carbonyl (C=O) groups excluding carboxylic acids is 1. The number of halogens is 2. The minimum absolute atomic E-state index is 0.0787. The van der Waals surface area contributed by atoms with Gasteiger partial charge in [0.05, 0.1) is 11.3 Å². The van der Waals surface area contributed by atoms with Crippen molar-refractivity contribution in [2.24, 2.45) is 0 Å². The molecule has 0 fully saturated rings. The predicted octanol–water partition coefficient (Wildman–Crippen LogP) is 2.38. The summed E-state index contributed by atoms with van der Waals surface area (Å²) in [6.45, 7) is 6.18. The van der Waals surface area contributed by atoms with E-state index in [9.17, 15) is 18.4 Å². The van der Waals surface area contributed by atoms with Crippen LogP contribution in [0.4, 0.5) is 14.5 Å². The van der Waals surface area contributed by atoms with Gasteiger partial charge in [-0.05, 0) is 26.8 Å². The first-order valence-electron chi connectivity index (χ1n) is 6.37. The first-order valence-corrected chi connectivity index (χ1v) is 6.37. The first-order chi connectivity index (χ1) is 9.60. The third-order valence-electron chi connectivity index (χ3n) is 2.57. The quantitative estimate of drug-likeness (QED) is 0.780. The fourth-order valence-corrected chi connectivity index (χ4v) is 1.59. The molecule has 0 aliphatic carbocycles. The summed E-state index contributed by atoms with van der Waals surface area (Å²) in [6.07, 6.45) is 0.0787. The minimum Gasteiger partial charge on any atom is -0.478 e. The maximum atomic E-state index is 13.1. The summed E-state index contributed by atoms with van der Waals surface area (Å²) in [7, 11) is 0. The summed E-state index contributed by atoms with van der Waals surface area (Å²) in [4.78, 5) is 22.7. The van der Waals surface area contributed by atoms with E-state index in [0.29, 0.717) is 18.7 Å². The standard InChI is InChI=1S/C14H18F2N2O3/c1-14(2,3)17-5-4-12(19)18-11-7-10(16)9(15)6-8(11)13(20)21/h6-7,17H,4-5H2,1-3H3,(H,18,19)(H,20,21). The Bertz CT molecular complexity index is 554. The van der Waals surface area contributed by atoms with E-state index in [1.807, 2.05) is 20.8 Å². The topological polar surface area (TPSA) is 78.4 Å². The zero-order chi connectivity index (χ0) is 16.2. The molecule has 5 nitrogen and oxygen atoms in total. The number of rotatable bonds is 5. The second-order valence-corrected chi connectivity index (χ2v) is 5.59. The lowest BCUT2D eigenvalue weighted by atomic mass is 10.1. The van der Waals surface area contributed by atoms with Gasteiger partial charge in [-0.25, -0.2) is 13.6 Å². The average molecular weight is 300 g/mol. The van der Waals surface area contributed by atoms with Crippen LogP contribution in [0.1, 0.15) is 37.6 Å². The number of anilines is 1. The Morgan fingerprint density at radius 2 is 1.76 bits per heavy atom. The maximum absolute atomic E-state index is 13.1. The minimum atomic E-state index is -1.45. The van der Waals surface area contributed by atoms with Crippen molar-refractivity contribution in [1.29, 1.82) is 0 Å². The van der Waals surface area contributed by atoms with Crippen molar-refractivity contribution in [1.82, 2.24) is 5.32 Å². The van der Waals surface area contributed by atoms with Crippen molar-refractivity contribution < 1.29 is 23.5 Å². The molecule has 1 aromatic rings. The molecule has 1 rings (SSSR count). The molecule has 0 unspecified atom stereocenters. The van der Waals surface area contributed by atoms with E-state index >= 15 is 0 Å². The van der Waals surface area contributed by atoms with Gasteiger partial charge in [0, 0.05) is 24.6 Å². The number of carboxylic acids is 1. The van der Waals surface area contributed by atoms with Crippen LogP contribution in [0.3, 0.4) is 0 Å². The fourth-order valence-electron chi connectivity index (χ4n) is 1.59. The molecule has 1 aromatic carbocycles. The van der Waals surface area contributed by atoms with Gasteiger partial charge in [-0.1, -0.05) is 0 Å². The third kappa shape index (κ3) is 5.47. The smallest absolute Gasteiger partial charge is 0.337 e. The number of hydrogen-bond acceptors (Lipinski definition) is 3. The van der Waals surface area contributed by atoms with Crippen LogP contribution in [-0.4, -0.2) is 29.1 Å². The summed E-state index contributed by atoms with van der Waals surface area (Å²) in [5.74, 6) is -4.43. The zero-order valence-electron chi connectivity index (χ0n) is 12.1. The number of benzene rings is 1. The van der Waals surface area contributed by atoms with Gasteiger partial charge in [0.15, 0.2) is 11.6 Å². The lowest BCUT2D eigenvalue weighted by Crippen LogP contribution is -2.37. The van der Waals surface area contributed by atoms with Crippen molar-refractivity contribution in [2.45, 2.75) is 32.7 Å². The van der Waals surface area contributed by atoms with Crippen LogP contribution in [0.2, 0.25) is 0 Å². The van der Waals surface area contributed by atoms with Crippen LogP contribution in [0.15, 0.2) is 12.1 Å². The molecule has 0 atom stereocenters. The van der Waals surface area contributed by atoms with E-state index in [4.69, 9.17) is 5.11 Å². The number of aromatic carboxylic acids is 1. The number of carbonyl (C=O) groups is 2. The highest BCUT2D eigenvalue weighted by molar-refractivity contribution is 6.00. The van der Waals surface area contributed by atoms with Crippen LogP contribution in [0, 0.1) is 11.6 Å². The Morgan fingerprint density at radius 3 is 2.29 bits per heavy atom. The van der Waals surface area contributed by atoms with Crippen molar-refractivity contribution in [3.63, 3.8) is 0 Å². The molecule has 0 aromatic heterocycles. The van der Waals surface area contributed by atoms with Crippen molar-refractivity contribution in [2.75, 3.05) is 11.9 Å². The molecule has 1 amide bonds. The van der Waals surface area contributed by atoms with E-state index in [2.05, 4.69) is 10.6 Å². The molecule has 21 heavy (non-hydrogen) atoms. The molecular weight excluding hydrogens is 282 g/mol. The Kier molecular flexibility index (Phi) is 5.37. The number of hydrogen-bond donors (Lipinski definition) is 3. The van der Waals surface area contributed by atoms with Crippen molar-refractivity contribution in [3.8, 4) is 0 Å². The lowest BCUT2D eigenvalue weighted by molar-refractivity contribution is -0.116. The largest absolute Gasteiger partial charge is 0.478 e. The molecular formula is C14H18F2N2O3. The van der Waals surface area contributed by atoms with E-state index < -0.39 is 29.1 Å². The summed E-state index contributed by atoms with van der Waals surface area (Å²) in [6, 6.07) is 1.20. The Morgan fingerprint density at radius 1 is 1.19 bits per heavy atom. The number of amides is 1. The lowest BCUT2D eigenvalue weighted by Gasteiger charge is -2.20. The van der Waals surface area contributed by atoms with E-state index in [1.165, 1.54) is 0 Å². The molecule has 0 radical (unpaired) electrons. The molecule has 0 bridgehead atoms. The number of carboxylic acid groups (broad SMARTS) is 1. The van der Waals surface area contributed by atoms with Gasteiger partial charge >= 0.3 is 5.97 Å². The summed E-state index contributed by atoms with van der Waals surface area (Å²) >= 11 is 0. The highest BCUT2D eigenvalue weighted by Gasteiger charge is 2.17. The predicted molar refractivity (Wildman–Crippen MR) is 74.3 cm³/mol. The maximum Gasteiger partial charge on any atom is 0.337 e. The van der Waals surface area contributed by atoms with E-state index in [0.717, 1.165) is 0 Å². The van der Waals surface area contributed by atoms with Crippen LogP contribution >= 0.6 is 0 Å². The molecule has 0 aliphatic rings. The summed E-state index contributed by atoms with van der Waals surface area (Å²) in [5.41, 5.74) is -0.915. The average Bonchev–Trinajstić information content (AvgIpc) is 2.31. The van der Waals surface area contributed by atoms with Crippen LogP contribution < -0.4 is 10.6 Å². The van der Waals surface area contributed by atoms with Gasteiger partial charge < -0.3 is 15.7 Å². The highest BCUT2D eigenvalue weighted by atomic mass is 19.2. The molecule has 7 heteroatoms. The SMILES string of the molecule is CC(C)(C)NCCC(=O)Nc1cc(F)c(F)cc1C(=O)O. The third-order valence-corrected chi connectivity index (χ3v) is 2.57. The van der Waals surface area contributed by atoms with Gasteiger partial charge in [-0.3, -0.25) is 4.79 Å². The van der Waals surface area contributed by atoms with E-state index in [-0.39, 0.29) is 17.6 Å². The van der Waals surface area contributed by atoms with Gasteiger partial charge in [-0.15, -0.1) is 0 Å². The van der Waals surface area contributed by atoms with Crippen molar-refractivity contribution in [3.05, 3.63) is 29.3 Å². The molecule has 0 spiro atoms. The Hall–Kier alpha value is -2.02. The second kappa shape index (κ2) is 6.62. The Balaban J connectivity index is 2.76. The van der Waals surface area contributed by atoms with Gasteiger partial charge in [0.1, 0.15) is 0 Å². The molecule has 0 heterocycles. The van der Waals surface area contributed by atoms with Crippen LogP contribution in [-0.2, 0) is 4.79 Å². The summed E-state index contributed by atoms with van der Waals surface area (Å²) < 4.78 is 26.2. The fraction of sp³-hybridized carbons (Fsp3) is 0.429. The molecule has 0 aliphatic heterocycles. The monoisotopic (exact) mass is 300 g/mol. The highest BCUT2D eigenvalue weighted by Crippen LogP contribution is 2.20. The molecule has 0 saturated heterocycles. The number of nitrogens with one attached hydrogen (secondary N) is 2. The van der Waals surface area contributed by atoms with Crippen LogP contribution in [0.5, 0.6) is 0 Å².